The Morgan fingerprint density at radius 2 is 1.95 bits per heavy atom. The van der Waals surface area contributed by atoms with Crippen molar-refractivity contribution >= 4 is 11.8 Å². The van der Waals surface area contributed by atoms with E-state index in [-0.39, 0.29) is 12.2 Å². The molecule has 1 aromatic heterocycles. The summed E-state index contributed by atoms with van der Waals surface area (Å²) in [5.41, 5.74) is 3.65. The number of halogens is 3. The van der Waals surface area contributed by atoms with E-state index in [2.05, 4.69) is 15.0 Å². The second-order valence-corrected chi connectivity index (χ2v) is 5.50. The minimum absolute atomic E-state index is 0.0942. The van der Waals surface area contributed by atoms with Crippen LogP contribution in [0.4, 0.5) is 13.2 Å². The minimum Gasteiger partial charge on any atom is -0.369 e. The molecule has 0 radical (unpaired) electrons. The van der Waals surface area contributed by atoms with Crippen molar-refractivity contribution in [3.63, 3.8) is 0 Å². The predicted octanol–water partition coefficient (Wildman–Crippen LogP) is 1.78. The molecule has 0 spiro atoms. The smallest absolute Gasteiger partial charge is 0.369 e. The van der Waals surface area contributed by atoms with Gasteiger partial charge in [0.2, 0.25) is 5.91 Å². The third-order valence-electron chi connectivity index (χ3n) is 4.02. The van der Waals surface area contributed by atoms with Gasteiger partial charge in [-0.05, 0) is 19.8 Å². The lowest BCUT2D eigenvalue weighted by atomic mass is 9.85. The predicted molar refractivity (Wildman–Crippen MR) is 68.7 cm³/mol. The second kappa shape index (κ2) is 5.62. The Hall–Kier alpha value is -2.06. The van der Waals surface area contributed by atoms with Crippen LogP contribution in [0.3, 0.4) is 0 Å². The van der Waals surface area contributed by atoms with Crippen LogP contribution in [0, 0.1) is 12.3 Å². The first-order valence-electron chi connectivity index (χ1n) is 6.79. The van der Waals surface area contributed by atoms with Crippen LogP contribution in [0.25, 0.3) is 0 Å². The maximum absolute atomic E-state index is 12.8. The second-order valence-electron chi connectivity index (χ2n) is 5.50. The SMILES string of the molecule is Cc1noc(C(F)(F)F)c1C(=O)NCC1(C(N)=O)CCCC1. The van der Waals surface area contributed by atoms with Crippen molar-refractivity contribution in [3.8, 4) is 0 Å². The van der Waals surface area contributed by atoms with Gasteiger partial charge in [-0.25, -0.2) is 0 Å². The minimum atomic E-state index is -4.82. The summed E-state index contributed by atoms with van der Waals surface area (Å²) in [6.07, 6.45) is -2.21. The average molecular weight is 319 g/mol. The Labute approximate surface area is 124 Å². The van der Waals surface area contributed by atoms with E-state index >= 15 is 0 Å². The number of hydrogen-bond acceptors (Lipinski definition) is 4. The lowest BCUT2D eigenvalue weighted by Crippen LogP contribution is -2.45. The number of nitrogens with two attached hydrogens (primary N) is 1. The molecule has 0 atom stereocenters. The number of nitrogens with one attached hydrogen (secondary N) is 1. The molecule has 3 N–H and O–H groups in total. The molecule has 22 heavy (non-hydrogen) atoms. The van der Waals surface area contributed by atoms with Crippen molar-refractivity contribution in [1.82, 2.24) is 10.5 Å². The number of nitrogens with zero attached hydrogens (tertiary/aromatic N) is 1. The highest BCUT2D eigenvalue weighted by Gasteiger charge is 2.43. The van der Waals surface area contributed by atoms with Gasteiger partial charge in [-0.1, -0.05) is 18.0 Å². The number of carbonyl (C=O) groups excluding carboxylic acids is 2. The van der Waals surface area contributed by atoms with Gasteiger partial charge in [-0.15, -0.1) is 0 Å². The summed E-state index contributed by atoms with van der Waals surface area (Å²) in [4.78, 5) is 23.6. The lowest BCUT2D eigenvalue weighted by Gasteiger charge is -2.25. The quantitative estimate of drug-likeness (QED) is 0.883. The zero-order valence-corrected chi connectivity index (χ0v) is 11.9. The molecule has 1 heterocycles. The van der Waals surface area contributed by atoms with Crippen LogP contribution in [0.1, 0.15) is 47.5 Å². The molecule has 0 saturated heterocycles. The molecule has 1 aliphatic rings. The topological polar surface area (TPSA) is 98.2 Å². The van der Waals surface area contributed by atoms with Gasteiger partial charge in [0, 0.05) is 6.54 Å². The van der Waals surface area contributed by atoms with Crippen LogP contribution in [0.2, 0.25) is 0 Å². The van der Waals surface area contributed by atoms with E-state index in [0.717, 1.165) is 12.8 Å². The van der Waals surface area contributed by atoms with Gasteiger partial charge < -0.3 is 15.6 Å². The molecule has 1 aliphatic carbocycles. The summed E-state index contributed by atoms with van der Waals surface area (Å²) in [6.45, 7) is 1.15. The fraction of sp³-hybridized carbons (Fsp3) is 0.615. The molecule has 0 aliphatic heterocycles. The summed E-state index contributed by atoms with van der Waals surface area (Å²) in [5, 5.41) is 5.55. The standard InChI is InChI=1S/C13H16F3N3O3/c1-7-8(9(22-19-7)13(14,15)16)10(20)18-6-12(11(17)21)4-2-3-5-12/h2-6H2,1H3,(H2,17,21)(H,18,20). The molecule has 1 aromatic rings. The molecule has 9 heteroatoms. The molecule has 2 rings (SSSR count). The van der Waals surface area contributed by atoms with Gasteiger partial charge in [-0.3, -0.25) is 9.59 Å². The highest BCUT2D eigenvalue weighted by Crippen LogP contribution is 2.37. The molecule has 0 bridgehead atoms. The van der Waals surface area contributed by atoms with Crippen LogP contribution >= 0.6 is 0 Å². The monoisotopic (exact) mass is 319 g/mol. The summed E-state index contributed by atoms with van der Waals surface area (Å²) >= 11 is 0. The van der Waals surface area contributed by atoms with Gasteiger partial charge in [0.25, 0.3) is 11.7 Å². The number of hydrogen-bond donors (Lipinski definition) is 2. The Balaban J connectivity index is 2.17. The molecular weight excluding hydrogens is 303 g/mol. The lowest BCUT2D eigenvalue weighted by molar-refractivity contribution is -0.155. The molecule has 2 amide bonds. The normalized spacial score (nSPS) is 17.5. The average Bonchev–Trinajstić information content (AvgIpc) is 3.02. The zero-order chi connectivity index (χ0) is 16.5. The van der Waals surface area contributed by atoms with Crippen LogP contribution in [0.15, 0.2) is 4.52 Å². The molecular formula is C13H16F3N3O3. The molecule has 122 valence electrons. The van der Waals surface area contributed by atoms with Gasteiger partial charge in [0.1, 0.15) is 5.56 Å². The van der Waals surface area contributed by atoms with Crippen molar-refractivity contribution in [3.05, 3.63) is 17.0 Å². The Morgan fingerprint density at radius 3 is 2.45 bits per heavy atom. The van der Waals surface area contributed by atoms with Crippen molar-refractivity contribution in [2.45, 2.75) is 38.8 Å². The number of rotatable bonds is 4. The summed E-state index contributed by atoms with van der Waals surface area (Å²) in [5.74, 6) is -2.97. The van der Waals surface area contributed by atoms with E-state index in [1.54, 1.807) is 0 Å². The van der Waals surface area contributed by atoms with E-state index in [1.807, 2.05) is 0 Å². The number of primary amides is 1. The number of aromatic nitrogens is 1. The van der Waals surface area contributed by atoms with Gasteiger partial charge in [0.15, 0.2) is 0 Å². The fourth-order valence-corrected chi connectivity index (χ4v) is 2.73. The van der Waals surface area contributed by atoms with E-state index in [1.165, 1.54) is 6.92 Å². The largest absolute Gasteiger partial charge is 0.453 e. The van der Waals surface area contributed by atoms with E-state index in [9.17, 15) is 22.8 Å². The summed E-state index contributed by atoms with van der Waals surface area (Å²) in [7, 11) is 0. The number of amides is 2. The molecule has 1 saturated carbocycles. The van der Waals surface area contributed by atoms with Gasteiger partial charge in [-0.2, -0.15) is 13.2 Å². The first kappa shape index (κ1) is 16.3. The molecule has 0 unspecified atom stereocenters. The van der Waals surface area contributed by atoms with Crippen molar-refractivity contribution < 1.29 is 27.3 Å². The van der Waals surface area contributed by atoms with Crippen LogP contribution < -0.4 is 11.1 Å². The van der Waals surface area contributed by atoms with Crippen LogP contribution in [-0.4, -0.2) is 23.5 Å². The third-order valence-corrected chi connectivity index (χ3v) is 4.02. The maximum Gasteiger partial charge on any atom is 0.453 e. The van der Waals surface area contributed by atoms with Crippen LogP contribution in [0.5, 0.6) is 0 Å². The summed E-state index contributed by atoms with van der Waals surface area (Å²) < 4.78 is 42.5. The van der Waals surface area contributed by atoms with Gasteiger partial charge in [0.05, 0.1) is 11.1 Å². The highest BCUT2D eigenvalue weighted by atomic mass is 19.4. The first-order valence-corrected chi connectivity index (χ1v) is 6.79. The van der Waals surface area contributed by atoms with Crippen LogP contribution in [-0.2, 0) is 11.0 Å². The Bertz CT molecular complexity index is 589. The molecule has 0 aromatic carbocycles. The number of aryl methyl sites for hydroxylation is 1. The third kappa shape index (κ3) is 2.93. The Kier molecular flexibility index (Phi) is 4.17. The number of carbonyl (C=O) groups is 2. The van der Waals surface area contributed by atoms with Gasteiger partial charge >= 0.3 is 6.18 Å². The molecule has 1 fully saturated rings. The Morgan fingerprint density at radius 1 is 1.36 bits per heavy atom. The van der Waals surface area contributed by atoms with Crippen molar-refractivity contribution in [2.24, 2.45) is 11.1 Å². The molecule has 6 nitrogen and oxygen atoms in total. The van der Waals surface area contributed by atoms with E-state index < -0.39 is 34.7 Å². The van der Waals surface area contributed by atoms with E-state index in [4.69, 9.17) is 5.73 Å². The zero-order valence-electron chi connectivity index (χ0n) is 11.9. The fourth-order valence-electron chi connectivity index (χ4n) is 2.73. The summed E-state index contributed by atoms with van der Waals surface area (Å²) in [6, 6.07) is 0. The van der Waals surface area contributed by atoms with Crippen molar-refractivity contribution in [1.29, 1.82) is 0 Å². The van der Waals surface area contributed by atoms with Crippen molar-refractivity contribution in [2.75, 3.05) is 6.54 Å². The highest BCUT2D eigenvalue weighted by molar-refractivity contribution is 5.96. The first-order chi connectivity index (χ1) is 10.2. The number of alkyl halides is 3. The maximum atomic E-state index is 12.8. The van der Waals surface area contributed by atoms with E-state index in [0.29, 0.717) is 12.8 Å².